The lowest BCUT2D eigenvalue weighted by Gasteiger charge is -2.10. The molecule has 0 amide bonds. The molecule has 0 aliphatic carbocycles. The molecule has 1 aromatic carbocycles. The number of aryl methyl sites for hydroxylation is 1. The first-order chi connectivity index (χ1) is 11.0. The lowest BCUT2D eigenvalue weighted by molar-refractivity contribution is 0.0696. The molecular weight excluding hydrogens is 298 g/mol. The van der Waals surface area contributed by atoms with Crippen LogP contribution in [0.1, 0.15) is 15.9 Å². The molecule has 7 heteroatoms. The van der Waals surface area contributed by atoms with Gasteiger partial charge < -0.3 is 5.11 Å². The number of pyridine rings is 1. The van der Waals surface area contributed by atoms with Crippen LogP contribution in [0.4, 0.5) is 0 Å². The SMILES string of the molecule is Cn1c(=O)n(Cc2ccccc2)c(=O)c2cc(C(=O)O)cnc21. The van der Waals surface area contributed by atoms with Gasteiger partial charge in [0.25, 0.3) is 5.56 Å². The number of hydrogen-bond acceptors (Lipinski definition) is 4. The monoisotopic (exact) mass is 311 g/mol. The topological polar surface area (TPSA) is 94.2 Å². The van der Waals surface area contributed by atoms with Crippen molar-refractivity contribution in [2.45, 2.75) is 6.54 Å². The van der Waals surface area contributed by atoms with Gasteiger partial charge >= 0.3 is 11.7 Å². The summed E-state index contributed by atoms with van der Waals surface area (Å²) in [6.45, 7) is 0.111. The molecular formula is C16H13N3O4. The van der Waals surface area contributed by atoms with Gasteiger partial charge in [0.15, 0.2) is 0 Å². The predicted molar refractivity (Wildman–Crippen MR) is 83.7 cm³/mol. The fourth-order valence-corrected chi connectivity index (χ4v) is 2.41. The van der Waals surface area contributed by atoms with Crippen LogP contribution in [0.25, 0.3) is 11.0 Å². The Morgan fingerprint density at radius 2 is 1.91 bits per heavy atom. The van der Waals surface area contributed by atoms with Crippen molar-refractivity contribution < 1.29 is 9.90 Å². The number of aromatic nitrogens is 3. The summed E-state index contributed by atoms with van der Waals surface area (Å²) >= 11 is 0. The van der Waals surface area contributed by atoms with Gasteiger partial charge in [-0.2, -0.15) is 0 Å². The number of aromatic carboxylic acids is 1. The third-order valence-electron chi connectivity index (χ3n) is 3.61. The smallest absolute Gasteiger partial charge is 0.337 e. The lowest BCUT2D eigenvalue weighted by Crippen LogP contribution is -2.39. The van der Waals surface area contributed by atoms with E-state index in [2.05, 4.69) is 4.98 Å². The highest BCUT2D eigenvalue weighted by molar-refractivity contribution is 5.91. The molecule has 0 aliphatic heterocycles. The quantitative estimate of drug-likeness (QED) is 0.773. The summed E-state index contributed by atoms with van der Waals surface area (Å²) < 4.78 is 2.32. The first kappa shape index (κ1) is 14.7. The van der Waals surface area contributed by atoms with Crippen molar-refractivity contribution in [3.63, 3.8) is 0 Å². The van der Waals surface area contributed by atoms with Gasteiger partial charge in [-0.15, -0.1) is 0 Å². The van der Waals surface area contributed by atoms with Gasteiger partial charge in [0, 0.05) is 13.2 Å². The van der Waals surface area contributed by atoms with Crippen LogP contribution in [-0.4, -0.2) is 25.2 Å². The van der Waals surface area contributed by atoms with Crippen molar-refractivity contribution in [1.29, 1.82) is 0 Å². The maximum Gasteiger partial charge on any atom is 0.337 e. The number of carboxylic acid groups (broad SMARTS) is 1. The van der Waals surface area contributed by atoms with Gasteiger partial charge in [-0.3, -0.25) is 13.9 Å². The van der Waals surface area contributed by atoms with Gasteiger partial charge in [0.1, 0.15) is 5.65 Å². The van der Waals surface area contributed by atoms with Crippen LogP contribution in [0.5, 0.6) is 0 Å². The number of rotatable bonds is 3. The zero-order chi connectivity index (χ0) is 16.6. The Kier molecular flexibility index (Phi) is 3.53. The van der Waals surface area contributed by atoms with Crippen LogP contribution >= 0.6 is 0 Å². The Labute approximate surface area is 130 Å². The molecule has 0 fully saturated rings. The van der Waals surface area contributed by atoms with E-state index in [9.17, 15) is 14.4 Å². The van der Waals surface area contributed by atoms with Crippen molar-refractivity contribution >= 4 is 17.0 Å². The van der Waals surface area contributed by atoms with Crippen LogP contribution in [0, 0.1) is 0 Å². The molecule has 116 valence electrons. The van der Waals surface area contributed by atoms with E-state index < -0.39 is 17.2 Å². The summed E-state index contributed by atoms with van der Waals surface area (Å²) in [4.78, 5) is 40.0. The van der Waals surface area contributed by atoms with Crippen LogP contribution in [0.3, 0.4) is 0 Å². The molecule has 3 rings (SSSR count). The second kappa shape index (κ2) is 5.53. The van der Waals surface area contributed by atoms with Crippen LogP contribution in [-0.2, 0) is 13.6 Å². The van der Waals surface area contributed by atoms with Gasteiger partial charge in [-0.25, -0.2) is 14.6 Å². The minimum Gasteiger partial charge on any atom is -0.478 e. The Morgan fingerprint density at radius 3 is 2.57 bits per heavy atom. The first-order valence-corrected chi connectivity index (χ1v) is 6.86. The predicted octanol–water partition coefficient (Wildman–Crippen LogP) is 0.842. The minimum atomic E-state index is -1.18. The molecule has 2 aromatic heterocycles. The van der Waals surface area contributed by atoms with Crippen LogP contribution < -0.4 is 11.2 Å². The maximum atomic E-state index is 12.6. The molecule has 1 N–H and O–H groups in total. The van der Waals surface area contributed by atoms with E-state index in [4.69, 9.17) is 5.11 Å². The molecule has 7 nitrogen and oxygen atoms in total. The fraction of sp³-hybridized carbons (Fsp3) is 0.125. The Hall–Kier alpha value is -3.22. The van der Waals surface area contributed by atoms with Crippen molar-refractivity contribution in [1.82, 2.24) is 14.1 Å². The van der Waals surface area contributed by atoms with E-state index in [1.54, 1.807) is 0 Å². The van der Waals surface area contributed by atoms with Gasteiger partial charge in [0.2, 0.25) is 0 Å². The zero-order valence-electron chi connectivity index (χ0n) is 12.3. The summed E-state index contributed by atoms with van der Waals surface area (Å²) in [7, 11) is 1.50. The zero-order valence-corrected chi connectivity index (χ0v) is 12.3. The number of carboxylic acids is 1. The average molecular weight is 311 g/mol. The number of hydrogen-bond donors (Lipinski definition) is 1. The Bertz CT molecular complexity index is 1020. The minimum absolute atomic E-state index is 0.0977. The lowest BCUT2D eigenvalue weighted by atomic mass is 10.2. The molecule has 23 heavy (non-hydrogen) atoms. The highest BCUT2D eigenvalue weighted by Crippen LogP contribution is 2.08. The summed E-state index contributed by atoms with van der Waals surface area (Å²) in [5, 5.41) is 9.15. The second-order valence-corrected chi connectivity index (χ2v) is 5.12. The first-order valence-electron chi connectivity index (χ1n) is 6.86. The number of carbonyl (C=O) groups is 1. The molecule has 0 spiro atoms. The largest absolute Gasteiger partial charge is 0.478 e. The summed E-state index contributed by atoms with van der Waals surface area (Å²) in [5.41, 5.74) is -0.188. The van der Waals surface area contributed by atoms with Gasteiger partial charge in [-0.1, -0.05) is 30.3 Å². The Balaban J connectivity index is 2.28. The molecule has 3 aromatic rings. The van der Waals surface area contributed by atoms with Gasteiger partial charge in [-0.05, 0) is 11.6 Å². The summed E-state index contributed by atoms with van der Waals surface area (Å²) in [6, 6.07) is 10.3. The molecule has 2 heterocycles. The molecule has 0 atom stereocenters. The summed E-state index contributed by atoms with van der Waals surface area (Å²) in [5.74, 6) is -1.18. The van der Waals surface area contributed by atoms with Crippen LogP contribution in [0.15, 0.2) is 52.2 Å². The van der Waals surface area contributed by atoms with E-state index in [-0.39, 0.29) is 23.1 Å². The third-order valence-corrected chi connectivity index (χ3v) is 3.61. The van der Waals surface area contributed by atoms with Gasteiger partial charge in [0.05, 0.1) is 17.5 Å². The third kappa shape index (κ3) is 2.52. The highest BCUT2D eigenvalue weighted by Gasteiger charge is 2.14. The van der Waals surface area contributed by atoms with Crippen molar-refractivity contribution in [3.05, 3.63) is 74.6 Å². The van der Waals surface area contributed by atoms with Crippen LogP contribution in [0.2, 0.25) is 0 Å². The number of fused-ring (bicyclic) bond motifs is 1. The van der Waals surface area contributed by atoms with Crippen molar-refractivity contribution in [2.24, 2.45) is 7.05 Å². The summed E-state index contributed by atoms with van der Waals surface area (Å²) in [6.07, 6.45) is 1.13. The molecule has 0 aliphatic rings. The number of nitrogens with zero attached hydrogens (tertiary/aromatic N) is 3. The number of benzene rings is 1. The second-order valence-electron chi connectivity index (χ2n) is 5.12. The standard InChI is InChI=1S/C16H13N3O4/c1-18-13-12(7-11(8-17-13)15(21)22)14(20)19(16(18)23)9-10-5-3-2-4-6-10/h2-8H,9H2,1H3,(H,21,22). The van der Waals surface area contributed by atoms with E-state index in [1.165, 1.54) is 17.7 Å². The van der Waals surface area contributed by atoms with E-state index in [1.807, 2.05) is 30.3 Å². The highest BCUT2D eigenvalue weighted by atomic mass is 16.4. The van der Waals surface area contributed by atoms with Crippen molar-refractivity contribution in [2.75, 3.05) is 0 Å². The maximum absolute atomic E-state index is 12.6. The van der Waals surface area contributed by atoms with Crippen molar-refractivity contribution in [3.8, 4) is 0 Å². The Morgan fingerprint density at radius 1 is 1.22 bits per heavy atom. The fourth-order valence-electron chi connectivity index (χ4n) is 2.41. The average Bonchev–Trinajstić information content (AvgIpc) is 2.57. The van der Waals surface area contributed by atoms with E-state index >= 15 is 0 Å². The molecule has 0 saturated carbocycles. The van der Waals surface area contributed by atoms with E-state index in [0.29, 0.717) is 0 Å². The molecule has 0 bridgehead atoms. The molecule has 0 saturated heterocycles. The van der Waals surface area contributed by atoms with E-state index in [0.717, 1.165) is 16.3 Å². The normalized spacial score (nSPS) is 10.8. The molecule has 0 unspecified atom stereocenters. The molecule has 0 radical (unpaired) electrons.